The van der Waals surface area contributed by atoms with Crippen LogP contribution in [0, 0.1) is 0 Å². The van der Waals surface area contributed by atoms with Gasteiger partial charge in [0.2, 0.25) is 0 Å². The zero-order chi connectivity index (χ0) is 19.4. The van der Waals surface area contributed by atoms with Gasteiger partial charge in [0.05, 0.1) is 23.0 Å². The van der Waals surface area contributed by atoms with Crippen molar-refractivity contribution >= 4 is 23.1 Å². The molecule has 2 aromatic carbocycles. The molecule has 1 aromatic heterocycles. The molecule has 3 aromatic rings. The fourth-order valence-corrected chi connectivity index (χ4v) is 2.33. The zero-order valence-corrected chi connectivity index (χ0v) is 13.8. The van der Waals surface area contributed by atoms with E-state index in [2.05, 4.69) is 15.6 Å². The Bertz CT molecular complexity index is 957. The Morgan fingerprint density at radius 3 is 2.41 bits per heavy atom. The van der Waals surface area contributed by atoms with Gasteiger partial charge in [0, 0.05) is 5.69 Å². The van der Waals surface area contributed by atoms with Crippen molar-refractivity contribution in [3.63, 3.8) is 0 Å². The lowest BCUT2D eigenvalue weighted by Crippen LogP contribution is -2.12. The molecule has 0 aliphatic rings. The number of pyridine rings is 1. The summed E-state index contributed by atoms with van der Waals surface area (Å²) in [6, 6.07) is 13.9. The molecule has 3 N–H and O–H groups in total. The van der Waals surface area contributed by atoms with Gasteiger partial charge in [-0.1, -0.05) is 18.2 Å². The molecule has 1 heterocycles. The topological polar surface area (TPSA) is 74.2 Å². The number of carbonyl (C=O) groups excluding carboxylic acids is 1. The van der Waals surface area contributed by atoms with Gasteiger partial charge in [-0.05, 0) is 42.5 Å². The van der Waals surface area contributed by atoms with Gasteiger partial charge in [0.15, 0.2) is 0 Å². The molecule has 0 atom stereocenters. The number of hydrogen-bond donors (Lipinski definition) is 3. The van der Waals surface area contributed by atoms with Crippen molar-refractivity contribution in [1.82, 2.24) is 4.98 Å². The smallest absolute Gasteiger partial charge is 0.416 e. The molecular weight excluding hydrogens is 359 g/mol. The number of benzene rings is 2. The van der Waals surface area contributed by atoms with E-state index in [-0.39, 0.29) is 17.0 Å². The molecular formula is C19H14F3N3O2. The first-order valence-corrected chi connectivity index (χ1v) is 7.82. The van der Waals surface area contributed by atoms with E-state index in [1.807, 2.05) is 0 Å². The molecule has 0 saturated carbocycles. The number of rotatable bonds is 4. The van der Waals surface area contributed by atoms with Crippen molar-refractivity contribution in [2.75, 3.05) is 10.6 Å². The van der Waals surface area contributed by atoms with Crippen LogP contribution in [0.4, 0.5) is 30.4 Å². The molecule has 0 aliphatic heterocycles. The van der Waals surface area contributed by atoms with E-state index in [0.29, 0.717) is 11.5 Å². The number of phenolic OH excluding ortho intramolecular Hbond substituents is 1. The predicted octanol–water partition coefficient (Wildman–Crippen LogP) is 4.80. The summed E-state index contributed by atoms with van der Waals surface area (Å²) in [5.41, 5.74) is -0.0381. The van der Waals surface area contributed by atoms with Crippen LogP contribution in [0.1, 0.15) is 15.9 Å². The van der Waals surface area contributed by atoms with E-state index in [1.165, 1.54) is 36.5 Å². The SMILES string of the molecule is O=C(Nc1ccc(Nc2cccc(C(F)(F)F)c2)nc1)c1ccccc1O. The van der Waals surface area contributed by atoms with Gasteiger partial charge in [-0.15, -0.1) is 0 Å². The molecule has 8 heteroatoms. The van der Waals surface area contributed by atoms with Gasteiger partial charge >= 0.3 is 6.18 Å². The fraction of sp³-hybridized carbons (Fsp3) is 0.0526. The molecule has 0 bridgehead atoms. The first-order valence-electron chi connectivity index (χ1n) is 7.82. The summed E-state index contributed by atoms with van der Waals surface area (Å²) < 4.78 is 38.2. The number of phenols is 1. The third-order valence-corrected chi connectivity index (χ3v) is 3.63. The lowest BCUT2D eigenvalue weighted by molar-refractivity contribution is -0.137. The summed E-state index contributed by atoms with van der Waals surface area (Å²) in [6.07, 6.45) is -3.07. The van der Waals surface area contributed by atoms with Crippen LogP contribution < -0.4 is 10.6 Å². The highest BCUT2D eigenvalue weighted by Crippen LogP contribution is 2.31. The van der Waals surface area contributed by atoms with E-state index < -0.39 is 17.6 Å². The molecule has 0 fully saturated rings. The number of amides is 1. The van der Waals surface area contributed by atoms with E-state index >= 15 is 0 Å². The molecule has 0 spiro atoms. The van der Waals surface area contributed by atoms with Crippen molar-refractivity contribution in [3.8, 4) is 5.75 Å². The first kappa shape index (κ1) is 18.2. The van der Waals surface area contributed by atoms with Gasteiger partial charge in [0.25, 0.3) is 5.91 Å². The molecule has 27 heavy (non-hydrogen) atoms. The lowest BCUT2D eigenvalue weighted by Gasteiger charge is -2.11. The van der Waals surface area contributed by atoms with Crippen LogP contribution in [0.2, 0.25) is 0 Å². The molecule has 1 amide bonds. The monoisotopic (exact) mass is 373 g/mol. The number of hydrogen-bond acceptors (Lipinski definition) is 4. The number of nitrogens with one attached hydrogen (secondary N) is 2. The van der Waals surface area contributed by atoms with Crippen molar-refractivity contribution in [2.45, 2.75) is 6.18 Å². The first-order chi connectivity index (χ1) is 12.8. The number of aromatic hydroxyl groups is 1. The fourth-order valence-electron chi connectivity index (χ4n) is 2.33. The lowest BCUT2D eigenvalue weighted by atomic mass is 10.2. The number of aromatic nitrogens is 1. The Hall–Kier alpha value is -3.55. The van der Waals surface area contributed by atoms with Crippen molar-refractivity contribution in [3.05, 3.63) is 78.0 Å². The minimum atomic E-state index is -4.43. The molecule has 3 rings (SSSR count). The maximum absolute atomic E-state index is 12.7. The molecule has 5 nitrogen and oxygen atoms in total. The average Bonchev–Trinajstić information content (AvgIpc) is 2.63. The highest BCUT2D eigenvalue weighted by molar-refractivity contribution is 6.06. The van der Waals surface area contributed by atoms with Crippen LogP contribution in [-0.2, 0) is 6.18 Å². The number of alkyl halides is 3. The second-order valence-corrected chi connectivity index (χ2v) is 5.61. The van der Waals surface area contributed by atoms with Gasteiger partial charge in [-0.2, -0.15) is 13.2 Å². The van der Waals surface area contributed by atoms with Gasteiger partial charge < -0.3 is 15.7 Å². The second kappa shape index (κ2) is 7.36. The van der Waals surface area contributed by atoms with E-state index in [1.54, 1.807) is 18.2 Å². The Labute approximate surface area is 152 Å². The number of halogens is 3. The highest BCUT2D eigenvalue weighted by Gasteiger charge is 2.30. The Morgan fingerprint density at radius 2 is 1.74 bits per heavy atom. The zero-order valence-electron chi connectivity index (χ0n) is 13.8. The normalized spacial score (nSPS) is 11.1. The maximum atomic E-state index is 12.7. The van der Waals surface area contributed by atoms with Crippen LogP contribution >= 0.6 is 0 Å². The van der Waals surface area contributed by atoms with E-state index in [4.69, 9.17) is 0 Å². The highest BCUT2D eigenvalue weighted by atomic mass is 19.4. The third-order valence-electron chi connectivity index (χ3n) is 3.63. The van der Waals surface area contributed by atoms with Crippen LogP contribution in [0.3, 0.4) is 0 Å². The Morgan fingerprint density at radius 1 is 0.963 bits per heavy atom. The number of nitrogens with zero attached hydrogens (tertiary/aromatic N) is 1. The van der Waals surface area contributed by atoms with Crippen LogP contribution in [-0.4, -0.2) is 16.0 Å². The number of carbonyl (C=O) groups is 1. The summed E-state index contributed by atoms with van der Waals surface area (Å²) in [4.78, 5) is 16.2. The van der Waals surface area contributed by atoms with Gasteiger partial charge in [-0.25, -0.2) is 4.98 Å². The molecule has 0 unspecified atom stereocenters. The predicted molar refractivity (Wildman–Crippen MR) is 95.0 cm³/mol. The molecule has 138 valence electrons. The minimum absolute atomic E-state index is 0.115. The molecule has 0 saturated heterocycles. The van der Waals surface area contributed by atoms with Crippen LogP contribution in [0.25, 0.3) is 0 Å². The average molecular weight is 373 g/mol. The Kier molecular flexibility index (Phi) is 4.98. The standard InChI is InChI=1S/C19H14F3N3O2/c20-19(21,22)12-4-3-5-13(10-12)24-17-9-8-14(11-23-17)25-18(27)15-6-1-2-7-16(15)26/h1-11,26H,(H,23,24)(H,25,27). The van der Waals surface area contributed by atoms with Crippen LogP contribution in [0.5, 0.6) is 5.75 Å². The summed E-state index contributed by atoms with van der Waals surface area (Å²) >= 11 is 0. The van der Waals surface area contributed by atoms with E-state index in [9.17, 15) is 23.1 Å². The largest absolute Gasteiger partial charge is 0.507 e. The second-order valence-electron chi connectivity index (χ2n) is 5.61. The van der Waals surface area contributed by atoms with Crippen LogP contribution in [0.15, 0.2) is 66.9 Å². The quantitative estimate of drug-likeness (QED) is 0.614. The van der Waals surface area contributed by atoms with Crippen molar-refractivity contribution in [1.29, 1.82) is 0 Å². The molecule has 0 aliphatic carbocycles. The summed E-state index contributed by atoms with van der Waals surface area (Å²) in [6.45, 7) is 0. The van der Waals surface area contributed by atoms with E-state index in [0.717, 1.165) is 12.1 Å². The maximum Gasteiger partial charge on any atom is 0.416 e. The minimum Gasteiger partial charge on any atom is -0.507 e. The number of para-hydroxylation sites is 1. The van der Waals surface area contributed by atoms with Gasteiger partial charge in [0.1, 0.15) is 11.6 Å². The molecule has 0 radical (unpaired) electrons. The van der Waals surface area contributed by atoms with Gasteiger partial charge in [-0.3, -0.25) is 4.79 Å². The van der Waals surface area contributed by atoms with Crippen molar-refractivity contribution in [2.24, 2.45) is 0 Å². The summed E-state index contributed by atoms with van der Waals surface area (Å²) in [5.74, 6) is -0.339. The number of anilines is 3. The van der Waals surface area contributed by atoms with Crippen molar-refractivity contribution < 1.29 is 23.1 Å². The summed E-state index contributed by atoms with van der Waals surface area (Å²) in [5, 5.41) is 15.0. The summed E-state index contributed by atoms with van der Waals surface area (Å²) in [7, 11) is 0. The third kappa shape index (κ3) is 4.55. The Balaban J connectivity index is 1.69.